The fourth-order valence-corrected chi connectivity index (χ4v) is 5.04. The van der Waals surface area contributed by atoms with Gasteiger partial charge in [-0.15, -0.1) is 11.8 Å². The van der Waals surface area contributed by atoms with E-state index in [0.717, 1.165) is 4.90 Å². The third-order valence-electron chi connectivity index (χ3n) is 4.43. The van der Waals surface area contributed by atoms with Gasteiger partial charge in [0.15, 0.2) is 0 Å². The molecule has 28 heavy (non-hydrogen) atoms. The summed E-state index contributed by atoms with van der Waals surface area (Å²) < 4.78 is 31.9. The summed E-state index contributed by atoms with van der Waals surface area (Å²) in [7, 11) is -3.53. The molecule has 1 aliphatic rings. The third kappa shape index (κ3) is 5.14. The van der Waals surface area contributed by atoms with Crippen LogP contribution in [0, 0.1) is 6.92 Å². The number of sulfonamides is 1. The van der Waals surface area contributed by atoms with Gasteiger partial charge in [0, 0.05) is 23.7 Å². The monoisotopic (exact) mass is 420 g/mol. The number of thioether (sulfide) groups is 1. The molecule has 0 radical (unpaired) electrons. The Kier molecular flexibility index (Phi) is 6.77. The molecule has 8 heteroatoms. The minimum atomic E-state index is -3.53. The Labute approximate surface area is 170 Å². The number of amides is 1. The van der Waals surface area contributed by atoms with Gasteiger partial charge >= 0.3 is 0 Å². The number of benzene rings is 2. The summed E-state index contributed by atoms with van der Waals surface area (Å²) in [5.74, 6) is -0.130. The van der Waals surface area contributed by atoms with Gasteiger partial charge in [0.2, 0.25) is 15.9 Å². The van der Waals surface area contributed by atoms with Gasteiger partial charge in [-0.3, -0.25) is 4.79 Å². The molecule has 1 heterocycles. The van der Waals surface area contributed by atoms with Crippen molar-refractivity contribution < 1.29 is 17.9 Å². The number of nitrogens with one attached hydrogen (secondary N) is 1. The van der Waals surface area contributed by atoms with E-state index in [-0.39, 0.29) is 16.1 Å². The van der Waals surface area contributed by atoms with Crippen molar-refractivity contribution in [2.24, 2.45) is 0 Å². The van der Waals surface area contributed by atoms with Crippen LogP contribution >= 0.6 is 11.8 Å². The lowest BCUT2D eigenvalue weighted by Gasteiger charge is -2.26. The molecule has 0 aromatic heterocycles. The van der Waals surface area contributed by atoms with Crippen LogP contribution in [0.25, 0.3) is 0 Å². The van der Waals surface area contributed by atoms with Crippen molar-refractivity contribution in [2.75, 3.05) is 31.6 Å². The average Bonchev–Trinajstić information content (AvgIpc) is 2.70. The molecule has 1 aliphatic heterocycles. The average molecular weight is 421 g/mol. The van der Waals surface area contributed by atoms with Gasteiger partial charge in [-0.2, -0.15) is 4.31 Å². The molecule has 0 spiro atoms. The molecule has 0 unspecified atom stereocenters. The van der Waals surface area contributed by atoms with Crippen LogP contribution in [-0.4, -0.2) is 50.2 Å². The molecule has 1 atom stereocenters. The second kappa shape index (κ2) is 9.09. The van der Waals surface area contributed by atoms with E-state index in [9.17, 15) is 13.2 Å². The number of morpholine rings is 1. The van der Waals surface area contributed by atoms with Crippen molar-refractivity contribution in [2.45, 2.75) is 28.9 Å². The highest BCUT2D eigenvalue weighted by molar-refractivity contribution is 8.00. The lowest BCUT2D eigenvalue weighted by atomic mass is 10.2. The van der Waals surface area contributed by atoms with Gasteiger partial charge in [-0.05, 0) is 50.2 Å². The first-order valence-corrected chi connectivity index (χ1v) is 11.4. The largest absolute Gasteiger partial charge is 0.379 e. The van der Waals surface area contributed by atoms with E-state index in [4.69, 9.17) is 4.74 Å². The number of hydrogen-bond donors (Lipinski definition) is 1. The van der Waals surface area contributed by atoms with E-state index in [2.05, 4.69) is 5.32 Å². The molecule has 6 nitrogen and oxygen atoms in total. The van der Waals surface area contributed by atoms with Gasteiger partial charge in [0.1, 0.15) is 0 Å². The Morgan fingerprint density at radius 1 is 1.07 bits per heavy atom. The highest BCUT2D eigenvalue weighted by Crippen LogP contribution is 2.25. The highest BCUT2D eigenvalue weighted by atomic mass is 32.2. The number of hydrogen-bond acceptors (Lipinski definition) is 5. The van der Waals surface area contributed by atoms with Crippen LogP contribution in [-0.2, 0) is 19.6 Å². The van der Waals surface area contributed by atoms with Crippen LogP contribution in [0.5, 0.6) is 0 Å². The standard InChI is InChI=1S/C20H24N2O4S2/c1-15-3-7-18(8-4-15)27-16(2)20(23)21-17-5-9-19(10-6-17)28(24,25)22-11-13-26-14-12-22/h3-10,16H,11-14H2,1-2H3,(H,21,23)/t16-/m1/s1. The summed E-state index contributed by atoms with van der Waals surface area (Å²) in [6, 6.07) is 14.3. The lowest BCUT2D eigenvalue weighted by Crippen LogP contribution is -2.40. The fourth-order valence-electron chi connectivity index (χ4n) is 2.76. The predicted molar refractivity (Wildman–Crippen MR) is 111 cm³/mol. The summed E-state index contributed by atoms with van der Waals surface area (Å²) in [5.41, 5.74) is 1.75. The minimum absolute atomic E-state index is 0.130. The Hall–Kier alpha value is -1.87. The van der Waals surface area contributed by atoms with E-state index in [1.807, 2.05) is 38.1 Å². The Morgan fingerprint density at radius 3 is 2.29 bits per heavy atom. The zero-order valence-electron chi connectivity index (χ0n) is 15.9. The molecule has 1 fully saturated rings. The summed E-state index contributed by atoms with van der Waals surface area (Å²) in [5, 5.41) is 2.57. The van der Waals surface area contributed by atoms with E-state index < -0.39 is 10.0 Å². The molecular weight excluding hydrogens is 396 g/mol. The van der Waals surface area contributed by atoms with Crippen molar-refractivity contribution in [3.63, 3.8) is 0 Å². The number of rotatable bonds is 6. The van der Waals surface area contributed by atoms with Crippen LogP contribution in [0.1, 0.15) is 12.5 Å². The summed E-state index contributed by atoms with van der Waals surface area (Å²) >= 11 is 1.48. The molecule has 2 aromatic carbocycles. The van der Waals surface area contributed by atoms with Crippen molar-refractivity contribution in [3.8, 4) is 0 Å². The Bertz CT molecular complexity index is 906. The summed E-state index contributed by atoms with van der Waals surface area (Å²) in [4.78, 5) is 13.7. The molecule has 0 saturated carbocycles. The van der Waals surface area contributed by atoms with Crippen molar-refractivity contribution in [1.82, 2.24) is 4.31 Å². The smallest absolute Gasteiger partial charge is 0.243 e. The van der Waals surface area contributed by atoms with Crippen molar-refractivity contribution >= 4 is 33.4 Å². The lowest BCUT2D eigenvalue weighted by molar-refractivity contribution is -0.115. The van der Waals surface area contributed by atoms with Crippen LogP contribution in [0.3, 0.4) is 0 Å². The predicted octanol–water partition coefficient (Wildman–Crippen LogP) is 3.14. The fraction of sp³-hybridized carbons (Fsp3) is 0.350. The van der Waals surface area contributed by atoms with Gasteiger partial charge in [0.25, 0.3) is 0 Å². The molecule has 2 aromatic rings. The number of carbonyl (C=O) groups excluding carboxylic acids is 1. The maximum absolute atomic E-state index is 12.6. The van der Waals surface area contributed by atoms with Gasteiger partial charge < -0.3 is 10.1 Å². The van der Waals surface area contributed by atoms with Crippen LogP contribution in [0.4, 0.5) is 5.69 Å². The van der Waals surface area contributed by atoms with E-state index in [1.54, 1.807) is 12.1 Å². The molecule has 1 saturated heterocycles. The zero-order valence-corrected chi connectivity index (χ0v) is 17.6. The van der Waals surface area contributed by atoms with Gasteiger partial charge in [-0.25, -0.2) is 8.42 Å². The summed E-state index contributed by atoms with van der Waals surface area (Å²) in [6.07, 6.45) is 0. The van der Waals surface area contributed by atoms with Crippen LogP contribution in [0.2, 0.25) is 0 Å². The number of nitrogens with zero attached hydrogens (tertiary/aromatic N) is 1. The molecular formula is C20H24N2O4S2. The second-order valence-electron chi connectivity index (χ2n) is 6.60. The van der Waals surface area contributed by atoms with Gasteiger partial charge in [-0.1, -0.05) is 17.7 Å². The zero-order chi connectivity index (χ0) is 20.1. The Balaban J connectivity index is 1.61. The van der Waals surface area contributed by atoms with Crippen molar-refractivity contribution in [3.05, 3.63) is 54.1 Å². The molecule has 3 rings (SSSR count). The molecule has 0 bridgehead atoms. The maximum Gasteiger partial charge on any atom is 0.243 e. The quantitative estimate of drug-likeness (QED) is 0.727. The minimum Gasteiger partial charge on any atom is -0.379 e. The van der Waals surface area contributed by atoms with E-state index >= 15 is 0 Å². The summed E-state index contributed by atoms with van der Waals surface area (Å²) in [6.45, 7) is 5.39. The highest BCUT2D eigenvalue weighted by Gasteiger charge is 2.26. The first-order valence-electron chi connectivity index (χ1n) is 9.08. The van der Waals surface area contributed by atoms with Crippen molar-refractivity contribution in [1.29, 1.82) is 0 Å². The van der Waals surface area contributed by atoms with E-state index in [1.165, 1.54) is 33.8 Å². The molecule has 150 valence electrons. The topological polar surface area (TPSA) is 75.7 Å². The maximum atomic E-state index is 12.6. The normalized spacial score (nSPS) is 16.5. The number of aryl methyl sites for hydroxylation is 1. The number of anilines is 1. The first kappa shape index (κ1) is 20.9. The molecule has 1 N–H and O–H groups in total. The van der Waals surface area contributed by atoms with E-state index in [0.29, 0.717) is 32.0 Å². The molecule has 1 amide bonds. The second-order valence-corrected chi connectivity index (χ2v) is 9.96. The first-order chi connectivity index (χ1) is 13.4. The number of ether oxygens (including phenoxy) is 1. The Morgan fingerprint density at radius 2 is 1.68 bits per heavy atom. The van der Waals surface area contributed by atoms with Crippen LogP contribution < -0.4 is 5.32 Å². The number of carbonyl (C=O) groups is 1. The van der Waals surface area contributed by atoms with Crippen LogP contribution in [0.15, 0.2) is 58.3 Å². The SMILES string of the molecule is Cc1ccc(S[C@H](C)C(=O)Nc2ccc(S(=O)(=O)N3CCOCC3)cc2)cc1. The third-order valence-corrected chi connectivity index (χ3v) is 7.46. The molecule has 0 aliphatic carbocycles. The van der Waals surface area contributed by atoms with Gasteiger partial charge in [0.05, 0.1) is 23.4 Å².